The zero-order valence-electron chi connectivity index (χ0n) is 14.0. The van der Waals surface area contributed by atoms with Crippen molar-refractivity contribution in [2.75, 3.05) is 13.1 Å². The van der Waals surface area contributed by atoms with Gasteiger partial charge in [0.2, 0.25) is 0 Å². The summed E-state index contributed by atoms with van der Waals surface area (Å²) in [5.41, 5.74) is 2.33. The molecule has 1 aromatic carbocycles. The Balaban J connectivity index is 1.90. The molecule has 5 heteroatoms. The Kier molecular flexibility index (Phi) is 4.55. The molecule has 4 rings (SSSR count). The van der Waals surface area contributed by atoms with Gasteiger partial charge in [0.1, 0.15) is 11.2 Å². The van der Waals surface area contributed by atoms with Crippen molar-refractivity contribution >= 4 is 22.5 Å². The number of quaternary nitrogens is 1. The predicted octanol–water partition coefficient (Wildman–Crippen LogP) is 3.15. The van der Waals surface area contributed by atoms with Crippen LogP contribution in [0, 0.1) is 0 Å². The lowest BCUT2D eigenvalue weighted by molar-refractivity contribution is -0.930. The molecule has 1 aliphatic rings. The van der Waals surface area contributed by atoms with Crippen LogP contribution in [0.3, 0.4) is 0 Å². The van der Waals surface area contributed by atoms with Gasteiger partial charge in [0.05, 0.1) is 23.7 Å². The lowest BCUT2D eigenvalue weighted by Gasteiger charge is -2.32. The number of fused-ring (bicyclic) bond motifs is 1. The van der Waals surface area contributed by atoms with Crippen LogP contribution < -0.4 is 4.90 Å². The van der Waals surface area contributed by atoms with Crippen LogP contribution in [0.25, 0.3) is 10.9 Å². The fraction of sp³-hybridized carbons (Fsp3) is 0.300. The average molecular weight is 355 g/mol. The predicted molar refractivity (Wildman–Crippen MR) is 99.0 cm³/mol. The third-order valence-corrected chi connectivity index (χ3v) is 5.36. The Morgan fingerprint density at radius 2 is 1.80 bits per heavy atom. The Morgan fingerprint density at radius 3 is 2.56 bits per heavy atom. The fourth-order valence-electron chi connectivity index (χ4n) is 3.86. The van der Waals surface area contributed by atoms with Crippen LogP contribution in [0.15, 0.2) is 48.8 Å². The molecule has 0 amide bonds. The van der Waals surface area contributed by atoms with Crippen LogP contribution in [0.1, 0.15) is 36.6 Å². The summed E-state index contributed by atoms with van der Waals surface area (Å²) in [6.45, 7) is 2.14. The van der Waals surface area contributed by atoms with Gasteiger partial charge in [0.25, 0.3) is 0 Å². The van der Waals surface area contributed by atoms with E-state index >= 15 is 0 Å². The number of pyridine rings is 2. The van der Waals surface area contributed by atoms with Gasteiger partial charge in [-0.1, -0.05) is 17.7 Å². The second-order valence-corrected chi connectivity index (χ2v) is 7.01. The number of nitrogens with one attached hydrogen (secondary N) is 1. The first-order valence-electron chi connectivity index (χ1n) is 8.77. The number of phenols is 1. The smallest absolute Gasteiger partial charge is 0.160 e. The van der Waals surface area contributed by atoms with E-state index in [4.69, 9.17) is 11.6 Å². The molecule has 3 heterocycles. The molecule has 2 aromatic heterocycles. The summed E-state index contributed by atoms with van der Waals surface area (Å²) in [7, 11) is 0. The van der Waals surface area contributed by atoms with E-state index in [1.807, 2.05) is 42.6 Å². The largest absolute Gasteiger partial charge is 0.505 e. The highest BCUT2D eigenvalue weighted by Gasteiger charge is 2.32. The fourth-order valence-corrected chi connectivity index (χ4v) is 4.13. The van der Waals surface area contributed by atoms with E-state index in [1.54, 1.807) is 6.20 Å². The number of likely N-dealkylation sites (tertiary alicyclic amines) is 1. The number of benzene rings is 1. The molecule has 0 bridgehead atoms. The number of halogens is 1. The number of aromatic hydroxyl groups is 1. The number of nitrogens with zero attached hydrogens (tertiary/aromatic N) is 2. The van der Waals surface area contributed by atoms with Crippen molar-refractivity contribution in [1.29, 1.82) is 0 Å². The van der Waals surface area contributed by atoms with Gasteiger partial charge in [-0.05, 0) is 49.6 Å². The van der Waals surface area contributed by atoms with E-state index in [0.29, 0.717) is 10.5 Å². The van der Waals surface area contributed by atoms with E-state index in [0.717, 1.165) is 29.7 Å². The minimum absolute atomic E-state index is 0.0367. The van der Waals surface area contributed by atoms with Crippen LogP contribution in [0.4, 0.5) is 0 Å². The molecule has 25 heavy (non-hydrogen) atoms. The third-order valence-electron chi connectivity index (χ3n) is 5.04. The van der Waals surface area contributed by atoms with Crippen LogP contribution >= 0.6 is 11.6 Å². The normalized spacial score (nSPS) is 16.8. The highest BCUT2D eigenvalue weighted by molar-refractivity contribution is 6.35. The number of hydrogen-bond acceptors (Lipinski definition) is 3. The second-order valence-electron chi connectivity index (χ2n) is 6.60. The maximum Gasteiger partial charge on any atom is 0.160 e. The molecule has 4 nitrogen and oxygen atoms in total. The molecule has 128 valence electrons. The molecule has 3 aromatic rings. The maximum absolute atomic E-state index is 11.0. The summed E-state index contributed by atoms with van der Waals surface area (Å²) in [6, 6.07) is 11.5. The Bertz CT molecular complexity index is 879. The quantitative estimate of drug-likeness (QED) is 0.759. The minimum atomic E-state index is -0.0367. The van der Waals surface area contributed by atoms with Crippen molar-refractivity contribution in [3.8, 4) is 5.75 Å². The van der Waals surface area contributed by atoms with E-state index in [1.165, 1.54) is 24.2 Å². The lowest BCUT2D eigenvalue weighted by Crippen LogP contribution is -3.13. The van der Waals surface area contributed by atoms with Gasteiger partial charge in [-0.15, -0.1) is 0 Å². The highest BCUT2D eigenvalue weighted by Crippen LogP contribution is 2.37. The molecule has 0 spiro atoms. The first-order chi connectivity index (χ1) is 12.3. The molecule has 2 N–H and O–H groups in total. The number of hydrogen-bond donors (Lipinski definition) is 2. The molecule has 0 unspecified atom stereocenters. The number of aromatic nitrogens is 2. The van der Waals surface area contributed by atoms with Crippen molar-refractivity contribution in [2.45, 2.75) is 25.3 Å². The molecule has 0 aliphatic carbocycles. The Hall–Kier alpha value is -2.17. The van der Waals surface area contributed by atoms with Crippen molar-refractivity contribution < 1.29 is 10.0 Å². The monoisotopic (exact) mass is 354 g/mol. The van der Waals surface area contributed by atoms with E-state index in [-0.39, 0.29) is 11.8 Å². The summed E-state index contributed by atoms with van der Waals surface area (Å²) in [4.78, 5) is 10.4. The number of piperidine rings is 1. The molecule has 0 radical (unpaired) electrons. The average Bonchev–Trinajstić information content (AvgIpc) is 2.68. The maximum atomic E-state index is 11.0. The van der Waals surface area contributed by atoms with Crippen LogP contribution in [-0.4, -0.2) is 28.2 Å². The molecule has 0 saturated carbocycles. The van der Waals surface area contributed by atoms with Crippen molar-refractivity contribution in [3.63, 3.8) is 0 Å². The molecule has 1 saturated heterocycles. The van der Waals surface area contributed by atoms with Crippen molar-refractivity contribution in [3.05, 3.63) is 65.1 Å². The first kappa shape index (κ1) is 16.3. The zero-order chi connectivity index (χ0) is 17.2. The van der Waals surface area contributed by atoms with E-state index in [9.17, 15) is 5.11 Å². The topological polar surface area (TPSA) is 50.5 Å². The summed E-state index contributed by atoms with van der Waals surface area (Å²) in [5, 5.41) is 12.4. The standard InChI is InChI=1S/C20H20ClN3O/c21-16-13-15(20(25)18-14(16)7-6-10-23-18)19(17-8-2-3-9-22-17)24-11-4-1-5-12-24/h2-3,6-10,13,19,25H,1,4-5,11-12H2/p+1/t19-/m0/s1. The van der Waals surface area contributed by atoms with Gasteiger partial charge < -0.3 is 10.0 Å². The Morgan fingerprint density at radius 1 is 1.00 bits per heavy atom. The SMILES string of the molecule is Oc1c([C@@H](c2ccccn2)[NH+]2CCCCC2)cc(Cl)c2cccnc12. The molecule has 1 atom stereocenters. The van der Waals surface area contributed by atoms with Gasteiger partial charge in [-0.2, -0.15) is 0 Å². The van der Waals surface area contributed by atoms with Gasteiger partial charge in [0.15, 0.2) is 11.8 Å². The van der Waals surface area contributed by atoms with Crippen LogP contribution in [0.2, 0.25) is 5.02 Å². The molecular weight excluding hydrogens is 334 g/mol. The van der Waals surface area contributed by atoms with Gasteiger partial charge in [-0.25, -0.2) is 0 Å². The van der Waals surface area contributed by atoms with Crippen molar-refractivity contribution in [1.82, 2.24) is 9.97 Å². The number of phenolic OH excluding ortho intramolecular Hbond substituents is 1. The van der Waals surface area contributed by atoms with Crippen LogP contribution in [-0.2, 0) is 0 Å². The second kappa shape index (κ2) is 6.98. The van der Waals surface area contributed by atoms with Gasteiger partial charge >= 0.3 is 0 Å². The van der Waals surface area contributed by atoms with Gasteiger partial charge in [-0.3, -0.25) is 9.97 Å². The van der Waals surface area contributed by atoms with Gasteiger partial charge in [0, 0.05) is 17.8 Å². The van der Waals surface area contributed by atoms with Crippen molar-refractivity contribution in [2.24, 2.45) is 0 Å². The summed E-state index contributed by atoms with van der Waals surface area (Å²) >= 11 is 6.52. The Labute approximate surface area is 152 Å². The minimum Gasteiger partial charge on any atom is -0.505 e. The van der Waals surface area contributed by atoms with E-state index in [2.05, 4.69) is 9.97 Å². The third kappa shape index (κ3) is 3.08. The zero-order valence-corrected chi connectivity index (χ0v) is 14.7. The molecule has 1 aliphatic heterocycles. The summed E-state index contributed by atoms with van der Waals surface area (Å²) in [5.74, 6) is 0.216. The molecular formula is C20H21ClN3O+. The first-order valence-corrected chi connectivity index (χ1v) is 9.15. The highest BCUT2D eigenvalue weighted by atomic mass is 35.5. The van der Waals surface area contributed by atoms with Crippen LogP contribution in [0.5, 0.6) is 5.75 Å². The number of rotatable bonds is 3. The molecule has 1 fully saturated rings. The summed E-state index contributed by atoms with van der Waals surface area (Å²) < 4.78 is 0. The van der Waals surface area contributed by atoms with E-state index < -0.39 is 0 Å². The summed E-state index contributed by atoms with van der Waals surface area (Å²) in [6.07, 6.45) is 7.15. The lowest BCUT2D eigenvalue weighted by atomic mass is 9.96.